The van der Waals surface area contributed by atoms with Crippen LogP contribution in [-0.2, 0) is 10.8 Å². The second-order valence-corrected chi connectivity index (χ2v) is 5.40. The van der Waals surface area contributed by atoms with E-state index in [1.807, 2.05) is 6.26 Å². The van der Waals surface area contributed by atoms with Crippen molar-refractivity contribution >= 4 is 10.8 Å². The molecule has 0 aromatic heterocycles. The Morgan fingerprint density at radius 1 is 1.21 bits per heavy atom. The van der Waals surface area contributed by atoms with Crippen LogP contribution in [0.5, 0.6) is 0 Å². The van der Waals surface area contributed by atoms with Gasteiger partial charge in [-0.05, 0) is 25.8 Å². The highest BCUT2D eigenvalue weighted by Gasteiger charge is 2.21. The fraction of sp³-hybridized carbons (Fsp3) is 1.00. The quantitative estimate of drug-likeness (QED) is 0.679. The van der Waals surface area contributed by atoms with E-state index in [4.69, 9.17) is 0 Å². The highest BCUT2D eigenvalue weighted by atomic mass is 32.2. The molecule has 3 unspecified atom stereocenters. The maximum Gasteiger partial charge on any atom is 0.0495 e. The minimum atomic E-state index is -0.701. The zero-order valence-corrected chi connectivity index (χ0v) is 10.8. The third kappa shape index (κ3) is 5.11. The van der Waals surface area contributed by atoms with E-state index in [0.29, 0.717) is 11.3 Å². The van der Waals surface area contributed by atoms with Crippen LogP contribution in [0.25, 0.3) is 0 Å². The molecule has 0 aromatic carbocycles. The predicted molar refractivity (Wildman–Crippen MR) is 65.1 cm³/mol. The third-order valence-electron chi connectivity index (χ3n) is 2.53. The van der Waals surface area contributed by atoms with E-state index >= 15 is 0 Å². The van der Waals surface area contributed by atoms with Crippen LogP contribution in [0.2, 0.25) is 0 Å². The number of hydrogen-bond acceptors (Lipinski definition) is 2. The summed E-state index contributed by atoms with van der Waals surface area (Å²) in [6, 6.07) is 0.441. The van der Waals surface area contributed by atoms with Gasteiger partial charge in [-0.25, -0.2) is 0 Å². The summed E-state index contributed by atoms with van der Waals surface area (Å²) in [7, 11) is -0.701. The van der Waals surface area contributed by atoms with Crippen LogP contribution < -0.4 is 5.32 Å². The topological polar surface area (TPSA) is 29.1 Å². The normalized spacial score (nSPS) is 17.7. The Bertz CT molecular complexity index is 161. The predicted octanol–water partition coefficient (Wildman–Crippen LogP) is 2.31. The van der Waals surface area contributed by atoms with Gasteiger partial charge < -0.3 is 5.32 Å². The summed E-state index contributed by atoms with van der Waals surface area (Å²) in [5.41, 5.74) is 0. The monoisotopic (exact) mass is 219 g/mol. The Balaban J connectivity index is 4.19. The Hall–Kier alpha value is 0.110. The van der Waals surface area contributed by atoms with Crippen molar-refractivity contribution in [3.8, 4) is 0 Å². The molecule has 0 bridgehead atoms. The fourth-order valence-electron chi connectivity index (χ4n) is 1.81. The molecule has 0 aliphatic heterocycles. The molecule has 0 fully saturated rings. The Morgan fingerprint density at radius 2 is 1.86 bits per heavy atom. The first-order valence-electron chi connectivity index (χ1n) is 5.72. The smallest absolute Gasteiger partial charge is 0.0495 e. The minimum absolute atomic E-state index is 0.321. The maximum absolute atomic E-state index is 11.5. The van der Waals surface area contributed by atoms with Crippen LogP contribution in [0, 0.1) is 0 Å². The molecule has 0 saturated carbocycles. The summed E-state index contributed by atoms with van der Waals surface area (Å²) < 4.78 is 11.5. The highest BCUT2D eigenvalue weighted by molar-refractivity contribution is 7.84. The van der Waals surface area contributed by atoms with Crippen molar-refractivity contribution in [3.63, 3.8) is 0 Å². The highest BCUT2D eigenvalue weighted by Crippen LogP contribution is 2.11. The molecule has 0 amide bonds. The van der Waals surface area contributed by atoms with Crippen molar-refractivity contribution in [1.82, 2.24) is 5.32 Å². The average Bonchev–Trinajstić information content (AvgIpc) is 2.14. The largest absolute Gasteiger partial charge is 0.313 e. The molecule has 3 atom stereocenters. The Kier molecular flexibility index (Phi) is 8.49. The third-order valence-corrected chi connectivity index (χ3v) is 4.05. The van der Waals surface area contributed by atoms with E-state index in [9.17, 15) is 4.21 Å². The molecule has 14 heavy (non-hydrogen) atoms. The molecular weight excluding hydrogens is 194 g/mol. The molecule has 0 aromatic rings. The van der Waals surface area contributed by atoms with Gasteiger partial charge in [0.25, 0.3) is 0 Å². The van der Waals surface area contributed by atoms with Crippen LogP contribution in [0.1, 0.15) is 46.5 Å². The second-order valence-electron chi connectivity index (χ2n) is 3.79. The Morgan fingerprint density at radius 3 is 2.21 bits per heavy atom. The zero-order chi connectivity index (χ0) is 11.0. The van der Waals surface area contributed by atoms with Crippen molar-refractivity contribution in [3.05, 3.63) is 0 Å². The van der Waals surface area contributed by atoms with E-state index in [0.717, 1.165) is 32.2 Å². The minimum Gasteiger partial charge on any atom is -0.313 e. The van der Waals surface area contributed by atoms with Crippen molar-refractivity contribution in [1.29, 1.82) is 0 Å². The van der Waals surface area contributed by atoms with Crippen LogP contribution in [-0.4, -0.2) is 28.3 Å². The molecule has 1 N–H and O–H groups in total. The number of rotatable bonds is 8. The molecule has 3 heteroatoms. The zero-order valence-electron chi connectivity index (χ0n) is 10.0. The van der Waals surface area contributed by atoms with E-state index < -0.39 is 10.8 Å². The van der Waals surface area contributed by atoms with Crippen molar-refractivity contribution in [2.24, 2.45) is 0 Å². The summed E-state index contributed by atoms with van der Waals surface area (Å²) in [5.74, 6) is 0. The summed E-state index contributed by atoms with van der Waals surface area (Å²) in [5, 5.41) is 3.83. The Labute approximate surface area is 91.3 Å². The first-order valence-corrected chi connectivity index (χ1v) is 7.35. The molecule has 0 spiro atoms. The lowest BCUT2D eigenvalue weighted by molar-refractivity contribution is 0.448. The molecule has 2 nitrogen and oxygen atoms in total. The van der Waals surface area contributed by atoms with Gasteiger partial charge in [-0.2, -0.15) is 0 Å². The molecule has 86 valence electrons. The van der Waals surface area contributed by atoms with Gasteiger partial charge in [0.1, 0.15) is 0 Å². The molecule has 0 heterocycles. The van der Waals surface area contributed by atoms with Crippen LogP contribution >= 0.6 is 0 Å². The van der Waals surface area contributed by atoms with Gasteiger partial charge >= 0.3 is 0 Å². The van der Waals surface area contributed by atoms with Crippen molar-refractivity contribution in [2.45, 2.75) is 57.7 Å². The van der Waals surface area contributed by atoms with Crippen LogP contribution in [0.4, 0.5) is 0 Å². The molecule has 0 radical (unpaired) electrons. The van der Waals surface area contributed by atoms with Gasteiger partial charge in [0.05, 0.1) is 0 Å². The van der Waals surface area contributed by atoms with Crippen LogP contribution in [0.3, 0.4) is 0 Å². The summed E-state index contributed by atoms with van der Waals surface area (Å²) in [4.78, 5) is 0. The first-order chi connectivity index (χ1) is 6.67. The van der Waals surface area contributed by atoms with E-state index in [1.54, 1.807) is 0 Å². The molecule has 0 rings (SSSR count). The first kappa shape index (κ1) is 14.1. The number of hydrogen-bond donors (Lipinski definition) is 1. The van der Waals surface area contributed by atoms with Gasteiger partial charge in [-0.15, -0.1) is 0 Å². The second kappa shape index (κ2) is 8.42. The summed E-state index contributed by atoms with van der Waals surface area (Å²) in [6.45, 7) is 7.52. The van der Waals surface area contributed by atoms with Gasteiger partial charge in [-0.3, -0.25) is 4.21 Å². The molecular formula is C11H25NOS. The van der Waals surface area contributed by atoms with Gasteiger partial charge in [0, 0.05) is 28.3 Å². The van der Waals surface area contributed by atoms with Gasteiger partial charge in [0.2, 0.25) is 0 Å². The summed E-state index contributed by atoms with van der Waals surface area (Å²) >= 11 is 0. The average molecular weight is 219 g/mol. The van der Waals surface area contributed by atoms with Crippen molar-refractivity contribution < 1.29 is 4.21 Å². The van der Waals surface area contributed by atoms with E-state index in [-0.39, 0.29) is 0 Å². The lowest BCUT2D eigenvalue weighted by Gasteiger charge is -2.25. The van der Waals surface area contributed by atoms with Gasteiger partial charge in [0.15, 0.2) is 0 Å². The summed E-state index contributed by atoms with van der Waals surface area (Å²) in [6.07, 6.45) is 6.27. The van der Waals surface area contributed by atoms with Crippen LogP contribution in [0.15, 0.2) is 0 Å². The maximum atomic E-state index is 11.5. The van der Waals surface area contributed by atoms with E-state index in [2.05, 4.69) is 26.1 Å². The molecule has 0 saturated heterocycles. The lowest BCUT2D eigenvalue weighted by atomic mass is 10.1. The lowest BCUT2D eigenvalue weighted by Crippen LogP contribution is -2.42. The van der Waals surface area contributed by atoms with Gasteiger partial charge in [-0.1, -0.05) is 27.2 Å². The fourth-order valence-corrected chi connectivity index (χ4v) is 2.98. The SMILES string of the molecule is CCCNC(CCC)C(CC)S(C)=O. The van der Waals surface area contributed by atoms with Crippen molar-refractivity contribution in [2.75, 3.05) is 12.8 Å². The van der Waals surface area contributed by atoms with E-state index in [1.165, 1.54) is 0 Å². The molecule has 0 aliphatic carbocycles. The number of nitrogens with one attached hydrogen (secondary N) is 1. The standard InChI is InChI=1S/C11H25NOS/c1-5-8-10(12-9-6-2)11(7-3)14(4)13/h10-12H,5-9H2,1-4H3. The molecule has 0 aliphatic rings.